The zero-order chi connectivity index (χ0) is 6.69. The minimum absolute atomic E-state index is 0.560. The molecule has 1 aliphatic heterocycles. The van der Waals surface area contributed by atoms with Crippen molar-refractivity contribution in [3.05, 3.63) is 4.91 Å². The largest absolute Gasteiger partial charge is 0.353 e. The van der Waals surface area contributed by atoms with Crippen molar-refractivity contribution in [3.63, 3.8) is 0 Å². The first-order valence-electron chi connectivity index (χ1n) is 2.70. The third kappa shape index (κ3) is 1.16. The maximum Gasteiger partial charge on any atom is 0.222 e. The first kappa shape index (κ1) is 6.00. The molecule has 0 radical (unpaired) electrons. The summed E-state index contributed by atoms with van der Waals surface area (Å²) < 4.78 is 0. The summed E-state index contributed by atoms with van der Waals surface area (Å²) in [6.45, 7) is 1.72. The molecule has 1 saturated heterocycles. The average Bonchev–Trinajstić information content (AvgIpc) is 2.18. The highest BCUT2D eigenvalue weighted by atomic mass is 16.3. The second-order valence-electron chi connectivity index (χ2n) is 1.85. The van der Waals surface area contributed by atoms with Gasteiger partial charge >= 0.3 is 0 Å². The summed E-state index contributed by atoms with van der Waals surface area (Å²) in [6.07, 6.45) is 0. The highest BCUT2D eigenvalue weighted by Crippen LogP contribution is 1.91. The molecule has 0 bridgehead atoms. The van der Waals surface area contributed by atoms with Crippen LogP contribution < -0.4 is 5.32 Å². The van der Waals surface area contributed by atoms with Crippen LogP contribution in [-0.4, -0.2) is 31.0 Å². The molecule has 1 fully saturated rings. The molecule has 0 atom stereocenters. The Morgan fingerprint density at radius 3 is 3.00 bits per heavy atom. The number of nitrogens with zero attached hydrogens (tertiary/aromatic N) is 3. The fourth-order valence-corrected chi connectivity index (χ4v) is 0.727. The van der Waals surface area contributed by atoms with Gasteiger partial charge in [0.25, 0.3) is 0 Å². The summed E-state index contributed by atoms with van der Waals surface area (Å²) in [5.41, 5.74) is 0. The molecule has 0 aromatic rings. The Balaban J connectivity index is 2.58. The molecule has 1 rings (SSSR count). The van der Waals surface area contributed by atoms with Gasteiger partial charge in [0, 0.05) is 20.1 Å². The van der Waals surface area contributed by atoms with Crippen LogP contribution in [0.2, 0.25) is 0 Å². The van der Waals surface area contributed by atoms with E-state index in [9.17, 15) is 4.91 Å². The predicted octanol–water partition coefficient (Wildman–Crippen LogP) is -0.441. The Labute approximate surface area is 52.7 Å². The van der Waals surface area contributed by atoms with E-state index in [2.05, 4.69) is 15.7 Å². The monoisotopic (exact) mass is 128 g/mol. The lowest BCUT2D eigenvalue weighted by molar-refractivity contribution is 0.561. The quantitative estimate of drug-likeness (QED) is 0.384. The molecule has 1 N–H and O–H groups in total. The van der Waals surface area contributed by atoms with Crippen LogP contribution in [0.5, 0.6) is 0 Å². The molecule has 9 heavy (non-hydrogen) atoms. The van der Waals surface area contributed by atoms with E-state index in [1.165, 1.54) is 0 Å². The molecule has 0 aromatic heterocycles. The summed E-state index contributed by atoms with van der Waals surface area (Å²) in [6, 6.07) is 0. The van der Waals surface area contributed by atoms with Gasteiger partial charge < -0.3 is 10.2 Å². The van der Waals surface area contributed by atoms with Crippen molar-refractivity contribution in [2.75, 3.05) is 20.1 Å². The average molecular weight is 128 g/mol. The molecule has 1 heterocycles. The zero-order valence-electron chi connectivity index (χ0n) is 5.16. The molecule has 1 aliphatic rings. The summed E-state index contributed by atoms with van der Waals surface area (Å²) >= 11 is 0. The van der Waals surface area contributed by atoms with E-state index in [-0.39, 0.29) is 0 Å². The lowest BCUT2D eigenvalue weighted by Gasteiger charge is -2.05. The molecule has 0 unspecified atom stereocenters. The number of hydrogen-bond donors (Lipinski definition) is 1. The van der Waals surface area contributed by atoms with Gasteiger partial charge in [-0.1, -0.05) is 5.10 Å². The van der Waals surface area contributed by atoms with Crippen LogP contribution in [0.4, 0.5) is 0 Å². The number of hydrogen-bond acceptors (Lipinski definition) is 2. The zero-order valence-corrected chi connectivity index (χ0v) is 5.16. The Bertz CT molecular complexity index is 144. The summed E-state index contributed by atoms with van der Waals surface area (Å²) in [5, 5.41) is 8.60. The van der Waals surface area contributed by atoms with Gasteiger partial charge in [-0.2, -0.15) is 0 Å². The smallest absolute Gasteiger partial charge is 0.222 e. The van der Waals surface area contributed by atoms with Gasteiger partial charge in [-0.3, -0.25) is 0 Å². The van der Waals surface area contributed by atoms with Crippen LogP contribution in [0.25, 0.3) is 0 Å². The van der Waals surface area contributed by atoms with Crippen LogP contribution in [0.15, 0.2) is 10.4 Å². The molecule has 0 amide bonds. The van der Waals surface area contributed by atoms with Crippen molar-refractivity contribution in [1.82, 2.24) is 10.2 Å². The number of nitroso groups, excluding NO2 is 1. The molecule has 5 nitrogen and oxygen atoms in total. The van der Waals surface area contributed by atoms with Gasteiger partial charge in [-0.25, -0.2) is 0 Å². The topological polar surface area (TPSA) is 57.1 Å². The summed E-state index contributed by atoms with van der Waals surface area (Å²) in [5.74, 6) is 0.560. The van der Waals surface area contributed by atoms with E-state index in [0.717, 1.165) is 13.1 Å². The molecule has 0 aliphatic carbocycles. The SMILES string of the molecule is CN1CCN/C1=N\N=O. The third-order valence-corrected chi connectivity index (χ3v) is 1.23. The first-order valence-corrected chi connectivity index (χ1v) is 2.70. The van der Waals surface area contributed by atoms with Crippen LogP contribution in [0.1, 0.15) is 0 Å². The van der Waals surface area contributed by atoms with E-state index in [1.807, 2.05) is 11.9 Å². The fourth-order valence-electron chi connectivity index (χ4n) is 0.727. The molecular weight excluding hydrogens is 120 g/mol. The van der Waals surface area contributed by atoms with E-state index in [4.69, 9.17) is 0 Å². The highest BCUT2D eigenvalue weighted by Gasteiger charge is 2.12. The van der Waals surface area contributed by atoms with Crippen LogP contribution >= 0.6 is 0 Å². The molecule has 0 aromatic carbocycles. The minimum atomic E-state index is 0.560. The summed E-state index contributed by atoms with van der Waals surface area (Å²) in [7, 11) is 1.85. The van der Waals surface area contributed by atoms with Crippen molar-refractivity contribution < 1.29 is 0 Å². The maximum absolute atomic E-state index is 9.60. The normalized spacial score (nSPS) is 22.3. The molecule has 50 valence electrons. The Morgan fingerprint density at radius 2 is 2.56 bits per heavy atom. The number of likely N-dealkylation sites (N-methyl/N-ethyl adjacent to an activating group) is 1. The van der Waals surface area contributed by atoms with Gasteiger partial charge in [-0.05, 0) is 0 Å². The first-order chi connectivity index (χ1) is 4.34. The lowest BCUT2D eigenvalue weighted by atomic mass is 10.7. The Kier molecular flexibility index (Phi) is 1.62. The molecular formula is C4H8N4O. The van der Waals surface area contributed by atoms with Crippen LogP contribution in [-0.2, 0) is 0 Å². The molecule has 0 spiro atoms. The van der Waals surface area contributed by atoms with Crippen molar-refractivity contribution in [3.8, 4) is 0 Å². The van der Waals surface area contributed by atoms with Crippen molar-refractivity contribution in [1.29, 1.82) is 0 Å². The van der Waals surface area contributed by atoms with Crippen LogP contribution in [0, 0.1) is 4.91 Å². The second-order valence-corrected chi connectivity index (χ2v) is 1.85. The predicted molar refractivity (Wildman–Crippen MR) is 33.9 cm³/mol. The third-order valence-electron chi connectivity index (χ3n) is 1.23. The van der Waals surface area contributed by atoms with Gasteiger partial charge in [0.15, 0.2) is 0 Å². The van der Waals surface area contributed by atoms with Crippen LogP contribution in [0.3, 0.4) is 0 Å². The van der Waals surface area contributed by atoms with E-state index in [1.54, 1.807) is 0 Å². The second kappa shape index (κ2) is 2.43. The van der Waals surface area contributed by atoms with Gasteiger partial charge in [0.2, 0.25) is 5.96 Å². The maximum atomic E-state index is 9.60. The molecule has 0 saturated carbocycles. The van der Waals surface area contributed by atoms with E-state index in [0.29, 0.717) is 5.96 Å². The van der Waals surface area contributed by atoms with Gasteiger partial charge in [0.05, 0.1) is 5.29 Å². The molecule has 5 heteroatoms. The van der Waals surface area contributed by atoms with Crippen molar-refractivity contribution >= 4 is 5.96 Å². The number of guanidine groups is 1. The van der Waals surface area contributed by atoms with Gasteiger partial charge in [0.1, 0.15) is 0 Å². The van der Waals surface area contributed by atoms with Crippen molar-refractivity contribution in [2.45, 2.75) is 0 Å². The Morgan fingerprint density at radius 1 is 1.78 bits per heavy atom. The highest BCUT2D eigenvalue weighted by molar-refractivity contribution is 5.81. The number of nitrogens with one attached hydrogen (secondary N) is 1. The lowest BCUT2D eigenvalue weighted by Crippen LogP contribution is -2.25. The minimum Gasteiger partial charge on any atom is -0.353 e. The fraction of sp³-hybridized carbons (Fsp3) is 0.750. The van der Waals surface area contributed by atoms with Gasteiger partial charge in [-0.15, -0.1) is 4.91 Å². The standard InChI is InChI=1S/C4H8N4O/c1-8-3-2-5-4(8)6-7-9/h2-3H2,1H3,(H,5,6,9). The van der Waals surface area contributed by atoms with E-state index >= 15 is 0 Å². The summed E-state index contributed by atoms with van der Waals surface area (Å²) in [4.78, 5) is 11.4. The van der Waals surface area contributed by atoms with E-state index < -0.39 is 0 Å². The Hall–Kier alpha value is -1.13. The van der Waals surface area contributed by atoms with Crippen molar-refractivity contribution in [2.24, 2.45) is 10.4 Å². The number of rotatable bonds is 1.